The maximum Gasteiger partial charge on any atom is 0.161 e. The lowest BCUT2D eigenvalue weighted by molar-refractivity contribution is 0.195. The number of ether oxygens (including phenoxy) is 1. The predicted molar refractivity (Wildman–Crippen MR) is 95.2 cm³/mol. The molecule has 1 atom stereocenters. The minimum absolute atomic E-state index is 0.223. The van der Waals surface area contributed by atoms with Crippen molar-refractivity contribution in [3.8, 4) is 11.5 Å². The Balaban J connectivity index is 1.79. The van der Waals surface area contributed by atoms with Gasteiger partial charge in [0, 0.05) is 17.5 Å². The van der Waals surface area contributed by atoms with E-state index in [1.807, 2.05) is 30.4 Å². The number of nitrogens with zero attached hydrogens (tertiary/aromatic N) is 1. The molecule has 0 aliphatic carbocycles. The summed E-state index contributed by atoms with van der Waals surface area (Å²) < 4.78 is 5.52. The van der Waals surface area contributed by atoms with Crippen LogP contribution in [0.25, 0.3) is 0 Å². The summed E-state index contributed by atoms with van der Waals surface area (Å²) in [5.74, 6) is 0.814. The highest BCUT2D eigenvalue weighted by Gasteiger charge is 2.23. The minimum Gasteiger partial charge on any atom is -0.504 e. The molecule has 124 valence electrons. The van der Waals surface area contributed by atoms with Gasteiger partial charge in [-0.3, -0.25) is 4.90 Å². The molecule has 0 spiro atoms. The monoisotopic (exact) mass is 331 g/mol. The van der Waals surface area contributed by atoms with Crippen molar-refractivity contribution < 1.29 is 9.84 Å². The van der Waals surface area contributed by atoms with Gasteiger partial charge in [0.25, 0.3) is 0 Å². The Morgan fingerprint density at radius 2 is 2.17 bits per heavy atom. The van der Waals surface area contributed by atoms with E-state index in [-0.39, 0.29) is 5.75 Å². The second-order valence-electron chi connectivity index (χ2n) is 6.09. The van der Waals surface area contributed by atoms with Crippen LogP contribution in [-0.4, -0.2) is 23.2 Å². The second kappa shape index (κ2) is 7.84. The molecule has 0 bridgehead atoms. The topological polar surface area (TPSA) is 32.7 Å². The molecule has 2 aromatic rings. The molecule has 1 fully saturated rings. The lowest BCUT2D eigenvalue weighted by atomic mass is 10.1. The van der Waals surface area contributed by atoms with E-state index in [9.17, 15) is 5.11 Å². The van der Waals surface area contributed by atoms with E-state index in [0.29, 0.717) is 18.4 Å². The SMILES string of the molecule is CCOc1cc(CN2CCCCC[C@@H]2c2cccs2)ccc1O. The van der Waals surface area contributed by atoms with Gasteiger partial charge in [0.15, 0.2) is 11.5 Å². The van der Waals surface area contributed by atoms with Crippen LogP contribution in [0, 0.1) is 0 Å². The van der Waals surface area contributed by atoms with Crippen LogP contribution in [0.1, 0.15) is 49.1 Å². The Bertz CT molecular complexity index is 612. The molecule has 3 rings (SSSR count). The van der Waals surface area contributed by atoms with E-state index in [1.165, 1.54) is 36.1 Å². The highest BCUT2D eigenvalue weighted by atomic mass is 32.1. The fraction of sp³-hybridized carbons (Fsp3) is 0.474. The zero-order chi connectivity index (χ0) is 16.1. The Morgan fingerprint density at radius 1 is 1.26 bits per heavy atom. The molecule has 0 radical (unpaired) electrons. The van der Waals surface area contributed by atoms with E-state index in [0.717, 1.165) is 13.1 Å². The summed E-state index contributed by atoms with van der Waals surface area (Å²) in [5, 5.41) is 12.1. The summed E-state index contributed by atoms with van der Waals surface area (Å²) in [4.78, 5) is 4.05. The number of rotatable bonds is 5. The van der Waals surface area contributed by atoms with E-state index >= 15 is 0 Å². The van der Waals surface area contributed by atoms with Crippen molar-refractivity contribution in [2.24, 2.45) is 0 Å². The first-order valence-electron chi connectivity index (χ1n) is 8.50. The first kappa shape index (κ1) is 16.3. The highest BCUT2D eigenvalue weighted by Crippen LogP contribution is 2.35. The Kier molecular flexibility index (Phi) is 5.57. The highest BCUT2D eigenvalue weighted by molar-refractivity contribution is 7.10. The normalized spacial score (nSPS) is 19.4. The number of aromatic hydroxyl groups is 1. The number of phenolic OH excluding ortho intramolecular Hbond substituents is 1. The van der Waals surface area contributed by atoms with Gasteiger partial charge in [0.05, 0.1) is 6.61 Å². The average molecular weight is 331 g/mol. The van der Waals surface area contributed by atoms with Crippen LogP contribution < -0.4 is 4.74 Å². The summed E-state index contributed by atoms with van der Waals surface area (Å²) >= 11 is 1.86. The van der Waals surface area contributed by atoms with Gasteiger partial charge in [0.1, 0.15) is 0 Å². The van der Waals surface area contributed by atoms with E-state index in [1.54, 1.807) is 6.07 Å². The van der Waals surface area contributed by atoms with E-state index < -0.39 is 0 Å². The van der Waals surface area contributed by atoms with Gasteiger partial charge < -0.3 is 9.84 Å². The van der Waals surface area contributed by atoms with Crippen LogP contribution in [0.4, 0.5) is 0 Å². The molecule has 2 heterocycles. The molecule has 23 heavy (non-hydrogen) atoms. The molecule has 0 unspecified atom stereocenters. The van der Waals surface area contributed by atoms with Crippen LogP contribution in [-0.2, 0) is 6.54 Å². The van der Waals surface area contributed by atoms with Crippen molar-refractivity contribution >= 4 is 11.3 Å². The molecule has 0 amide bonds. The van der Waals surface area contributed by atoms with Crippen LogP contribution in [0.2, 0.25) is 0 Å². The first-order chi connectivity index (χ1) is 11.3. The van der Waals surface area contributed by atoms with Gasteiger partial charge in [-0.25, -0.2) is 0 Å². The summed E-state index contributed by atoms with van der Waals surface area (Å²) in [6.45, 7) is 4.54. The third-order valence-electron chi connectivity index (χ3n) is 4.44. The standard InChI is InChI=1S/C19H25NO2S/c1-2-22-18-13-15(9-10-17(18)21)14-20-11-5-3-4-7-16(20)19-8-6-12-23-19/h6,8-10,12-13,16,21H,2-5,7,11,14H2,1H3/t16-/m1/s1. The van der Waals surface area contributed by atoms with Crippen molar-refractivity contribution in [3.63, 3.8) is 0 Å². The second-order valence-corrected chi connectivity index (χ2v) is 7.07. The van der Waals surface area contributed by atoms with Gasteiger partial charge in [0.2, 0.25) is 0 Å². The minimum atomic E-state index is 0.223. The van der Waals surface area contributed by atoms with Crippen molar-refractivity contribution in [2.45, 2.75) is 45.2 Å². The molecule has 3 nitrogen and oxygen atoms in total. The zero-order valence-corrected chi connectivity index (χ0v) is 14.5. The molecule has 1 aliphatic heterocycles. The summed E-state index contributed by atoms with van der Waals surface area (Å²) in [5.41, 5.74) is 1.20. The smallest absolute Gasteiger partial charge is 0.161 e. The zero-order valence-electron chi connectivity index (χ0n) is 13.7. The van der Waals surface area contributed by atoms with Gasteiger partial charge in [-0.2, -0.15) is 0 Å². The first-order valence-corrected chi connectivity index (χ1v) is 9.38. The average Bonchev–Trinajstić information content (AvgIpc) is 2.98. The fourth-order valence-corrected chi connectivity index (χ4v) is 4.22. The molecule has 4 heteroatoms. The molecule has 1 aromatic carbocycles. The molecular weight excluding hydrogens is 306 g/mol. The number of hydrogen-bond donors (Lipinski definition) is 1. The largest absolute Gasteiger partial charge is 0.504 e. The maximum atomic E-state index is 9.88. The van der Waals surface area contributed by atoms with Crippen molar-refractivity contribution in [1.29, 1.82) is 0 Å². The predicted octanol–water partition coefficient (Wildman–Crippen LogP) is 4.97. The summed E-state index contributed by atoms with van der Waals surface area (Å²) in [7, 11) is 0. The fourth-order valence-electron chi connectivity index (χ4n) is 3.32. The summed E-state index contributed by atoms with van der Waals surface area (Å²) in [6.07, 6.45) is 5.12. The Hall–Kier alpha value is -1.52. The number of likely N-dealkylation sites (tertiary alicyclic amines) is 1. The molecular formula is C19H25NO2S. The van der Waals surface area contributed by atoms with Crippen molar-refractivity contribution in [3.05, 3.63) is 46.2 Å². The Labute approximate surface area is 142 Å². The van der Waals surface area contributed by atoms with Crippen molar-refractivity contribution in [1.82, 2.24) is 4.90 Å². The lowest BCUT2D eigenvalue weighted by Crippen LogP contribution is -2.27. The third kappa shape index (κ3) is 4.06. The van der Waals surface area contributed by atoms with Crippen LogP contribution in [0.15, 0.2) is 35.7 Å². The molecule has 0 saturated carbocycles. The molecule has 1 N–H and O–H groups in total. The number of hydrogen-bond acceptors (Lipinski definition) is 4. The third-order valence-corrected chi connectivity index (χ3v) is 5.42. The lowest BCUT2D eigenvalue weighted by Gasteiger charge is -2.29. The number of thiophene rings is 1. The number of benzene rings is 1. The van der Waals surface area contributed by atoms with Crippen LogP contribution in [0.3, 0.4) is 0 Å². The summed E-state index contributed by atoms with van der Waals surface area (Å²) in [6, 6.07) is 10.7. The maximum absolute atomic E-state index is 9.88. The quantitative estimate of drug-likeness (QED) is 0.839. The van der Waals surface area contributed by atoms with Gasteiger partial charge in [-0.15, -0.1) is 11.3 Å². The molecule has 1 aliphatic rings. The van der Waals surface area contributed by atoms with E-state index in [2.05, 4.69) is 22.4 Å². The van der Waals surface area contributed by atoms with Crippen molar-refractivity contribution in [2.75, 3.05) is 13.2 Å². The van der Waals surface area contributed by atoms with Gasteiger partial charge >= 0.3 is 0 Å². The van der Waals surface area contributed by atoms with Gasteiger partial charge in [-0.1, -0.05) is 25.0 Å². The van der Waals surface area contributed by atoms with Gasteiger partial charge in [-0.05, 0) is 55.5 Å². The molecule has 1 saturated heterocycles. The number of phenols is 1. The van der Waals surface area contributed by atoms with Crippen LogP contribution >= 0.6 is 11.3 Å². The molecule has 1 aromatic heterocycles. The van der Waals surface area contributed by atoms with Crippen LogP contribution in [0.5, 0.6) is 11.5 Å². The van der Waals surface area contributed by atoms with E-state index in [4.69, 9.17) is 4.74 Å². The Morgan fingerprint density at radius 3 is 2.96 bits per heavy atom.